The average Bonchev–Trinajstić information content (AvgIpc) is 2.72. The van der Waals surface area contributed by atoms with Gasteiger partial charge in [-0.1, -0.05) is 19.3 Å². The molecule has 1 unspecified atom stereocenters. The van der Waals surface area contributed by atoms with Gasteiger partial charge in [-0.15, -0.1) is 0 Å². The van der Waals surface area contributed by atoms with Crippen LogP contribution >= 0.6 is 0 Å². The van der Waals surface area contributed by atoms with E-state index in [1.807, 2.05) is 18.7 Å². The van der Waals surface area contributed by atoms with Crippen molar-refractivity contribution in [2.75, 3.05) is 6.54 Å². The molecule has 0 radical (unpaired) electrons. The van der Waals surface area contributed by atoms with Gasteiger partial charge in [-0.2, -0.15) is 0 Å². The average molecular weight is 267 g/mol. The summed E-state index contributed by atoms with van der Waals surface area (Å²) < 4.78 is 0. The van der Waals surface area contributed by atoms with Crippen LogP contribution in [-0.4, -0.2) is 40.9 Å². The van der Waals surface area contributed by atoms with Gasteiger partial charge >= 0.3 is 0 Å². The van der Waals surface area contributed by atoms with Gasteiger partial charge in [0.25, 0.3) is 0 Å². The lowest BCUT2D eigenvalue weighted by Crippen LogP contribution is -2.58. The first kappa shape index (κ1) is 14.3. The summed E-state index contributed by atoms with van der Waals surface area (Å²) in [7, 11) is 0. The SMILES string of the molecule is CC(C)N1CCC(NC(=O)C2(N)CCCCC2)C1=O. The molecule has 0 aromatic heterocycles. The second kappa shape index (κ2) is 5.49. The highest BCUT2D eigenvalue weighted by Crippen LogP contribution is 2.26. The maximum Gasteiger partial charge on any atom is 0.245 e. The van der Waals surface area contributed by atoms with Crippen molar-refractivity contribution in [2.24, 2.45) is 5.73 Å². The van der Waals surface area contributed by atoms with Gasteiger partial charge in [0, 0.05) is 12.6 Å². The molecule has 2 fully saturated rings. The summed E-state index contributed by atoms with van der Waals surface area (Å²) in [5.41, 5.74) is 5.42. The van der Waals surface area contributed by atoms with Crippen molar-refractivity contribution in [1.29, 1.82) is 0 Å². The summed E-state index contributed by atoms with van der Waals surface area (Å²) in [6.45, 7) is 4.71. The molecule has 19 heavy (non-hydrogen) atoms. The molecule has 5 nitrogen and oxygen atoms in total. The quantitative estimate of drug-likeness (QED) is 0.793. The predicted octanol–water partition coefficient (Wildman–Crippen LogP) is 0.773. The van der Waals surface area contributed by atoms with Crippen molar-refractivity contribution in [3.8, 4) is 0 Å². The van der Waals surface area contributed by atoms with Gasteiger partial charge in [-0.3, -0.25) is 9.59 Å². The number of carbonyl (C=O) groups is 2. The first-order valence-electron chi connectivity index (χ1n) is 7.34. The molecule has 1 heterocycles. The lowest BCUT2D eigenvalue weighted by Gasteiger charge is -2.32. The van der Waals surface area contributed by atoms with E-state index >= 15 is 0 Å². The molecular weight excluding hydrogens is 242 g/mol. The van der Waals surface area contributed by atoms with Crippen LogP contribution in [-0.2, 0) is 9.59 Å². The first-order valence-corrected chi connectivity index (χ1v) is 7.34. The molecule has 2 rings (SSSR count). The molecule has 1 aliphatic carbocycles. The number of nitrogens with one attached hydrogen (secondary N) is 1. The van der Waals surface area contributed by atoms with Crippen LogP contribution in [0.4, 0.5) is 0 Å². The fourth-order valence-corrected chi connectivity index (χ4v) is 3.06. The Hall–Kier alpha value is -1.10. The third-order valence-corrected chi connectivity index (χ3v) is 4.37. The fourth-order valence-electron chi connectivity index (χ4n) is 3.06. The molecule has 1 aliphatic heterocycles. The molecule has 1 saturated carbocycles. The number of likely N-dealkylation sites (tertiary alicyclic amines) is 1. The van der Waals surface area contributed by atoms with Crippen molar-refractivity contribution in [3.05, 3.63) is 0 Å². The van der Waals surface area contributed by atoms with Crippen molar-refractivity contribution < 1.29 is 9.59 Å². The van der Waals surface area contributed by atoms with E-state index in [2.05, 4.69) is 5.32 Å². The lowest BCUT2D eigenvalue weighted by molar-refractivity contribution is -0.135. The smallest absolute Gasteiger partial charge is 0.245 e. The van der Waals surface area contributed by atoms with E-state index in [0.717, 1.165) is 38.6 Å². The van der Waals surface area contributed by atoms with Gasteiger partial charge in [-0.25, -0.2) is 0 Å². The fraction of sp³-hybridized carbons (Fsp3) is 0.857. The third kappa shape index (κ3) is 2.91. The summed E-state index contributed by atoms with van der Waals surface area (Å²) in [6.07, 6.45) is 5.30. The molecule has 0 bridgehead atoms. The standard InChI is InChI=1S/C14H25N3O2/c1-10(2)17-9-6-11(12(17)18)16-13(19)14(15)7-4-3-5-8-14/h10-11H,3-9,15H2,1-2H3,(H,16,19). The van der Waals surface area contributed by atoms with Crippen molar-refractivity contribution >= 4 is 11.8 Å². The van der Waals surface area contributed by atoms with Crippen LogP contribution in [0.15, 0.2) is 0 Å². The first-order chi connectivity index (χ1) is 8.94. The Kier molecular flexibility index (Phi) is 4.13. The highest BCUT2D eigenvalue weighted by Gasteiger charge is 2.40. The van der Waals surface area contributed by atoms with Gasteiger partial charge in [-0.05, 0) is 33.1 Å². The van der Waals surface area contributed by atoms with Crippen LogP contribution in [0.3, 0.4) is 0 Å². The zero-order chi connectivity index (χ0) is 14.0. The molecule has 3 N–H and O–H groups in total. The molecular formula is C14H25N3O2. The summed E-state index contributed by atoms with van der Waals surface area (Å²) >= 11 is 0. The molecule has 108 valence electrons. The number of nitrogens with two attached hydrogens (primary N) is 1. The van der Waals surface area contributed by atoms with Crippen LogP contribution in [0.5, 0.6) is 0 Å². The van der Waals surface area contributed by atoms with Crippen molar-refractivity contribution in [2.45, 2.75) is 70.0 Å². The topological polar surface area (TPSA) is 75.4 Å². The van der Waals surface area contributed by atoms with E-state index in [0.29, 0.717) is 6.42 Å². The van der Waals surface area contributed by atoms with E-state index in [9.17, 15) is 9.59 Å². The second-order valence-corrected chi connectivity index (χ2v) is 6.16. The molecule has 2 aliphatic rings. The maximum atomic E-state index is 12.3. The zero-order valence-electron chi connectivity index (χ0n) is 11.9. The van der Waals surface area contributed by atoms with Crippen molar-refractivity contribution in [1.82, 2.24) is 10.2 Å². The summed E-state index contributed by atoms with van der Waals surface area (Å²) in [6, 6.07) is -0.187. The Morgan fingerprint density at radius 1 is 1.37 bits per heavy atom. The van der Waals surface area contributed by atoms with Crippen LogP contribution in [0.1, 0.15) is 52.4 Å². The Morgan fingerprint density at radius 3 is 2.53 bits per heavy atom. The van der Waals surface area contributed by atoms with Crippen LogP contribution < -0.4 is 11.1 Å². The minimum atomic E-state index is -0.760. The number of hydrogen-bond donors (Lipinski definition) is 2. The number of carbonyl (C=O) groups excluding carboxylic acids is 2. The largest absolute Gasteiger partial charge is 0.343 e. The van der Waals surface area contributed by atoms with E-state index in [4.69, 9.17) is 5.73 Å². The summed E-state index contributed by atoms with van der Waals surface area (Å²) in [5.74, 6) is -0.112. The maximum absolute atomic E-state index is 12.3. The summed E-state index contributed by atoms with van der Waals surface area (Å²) in [4.78, 5) is 26.2. The Balaban J connectivity index is 1.94. The lowest BCUT2D eigenvalue weighted by atomic mass is 9.81. The predicted molar refractivity (Wildman–Crippen MR) is 73.4 cm³/mol. The minimum Gasteiger partial charge on any atom is -0.343 e. The second-order valence-electron chi connectivity index (χ2n) is 6.16. The van der Waals surface area contributed by atoms with Gasteiger partial charge in [0.1, 0.15) is 6.04 Å². The van der Waals surface area contributed by atoms with E-state index in [1.165, 1.54) is 0 Å². The Labute approximate surface area is 114 Å². The molecule has 1 atom stereocenters. The van der Waals surface area contributed by atoms with Crippen molar-refractivity contribution in [3.63, 3.8) is 0 Å². The Morgan fingerprint density at radius 2 is 2.00 bits per heavy atom. The molecule has 2 amide bonds. The third-order valence-electron chi connectivity index (χ3n) is 4.37. The van der Waals surface area contributed by atoms with E-state index in [1.54, 1.807) is 0 Å². The highest BCUT2D eigenvalue weighted by atomic mass is 16.2. The Bertz CT molecular complexity index is 362. The van der Waals surface area contributed by atoms with Crippen LogP contribution in [0.2, 0.25) is 0 Å². The number of rotatable bonds is 3. The van der Waals surface area contributed by atoms with Crippen LogP contribution in [0.25, 0.3) is 0 Å². The molecule has 0 aromatic carbocycles. The molecule has 1 saturated heterocycles. The highest BCUT2D eigenvalue weighted by molar-refractivity contribution is 5.93. The normalized spacial score (nSPS) is 26.8. The van der Waals surface area contributed by atoms with Gasteiger partial charge in [0.2, 0.25) is 11.8 Å². The molecule has 0 aromatic rings. The molecule has 0 spiro atoms. The minimum absolute atomic E-state index is 0.0303. The number of hydrogen-bond acceptors (Lipinski definition) is 3. The number of amides is 2. The summed E-state index contributed by atoms with van der Waals surface area (Å²) in [5, 5.41) is 2.87. The van der Waals surface area contributed by atoms with Gasteiger partial charge in [0.05, 0.1) is 5.54 Å². The number of nitrogens with zero attached hydrogens (tertiary/aromatic N) is 1. The zero-order valence-corrected chi connectivity index (χ0v) is 11.9. The van der Waals surface area contributed by atoms with E-state index in [-0.39, 0.29) is 23.9 Å². The van der Waals surface area contributed by atoms with E-state index < -0.39 is 5.54 Å². The van der Waals surface area contributed by atoms with Crippen LogP contribution in [0, 0.1) is 0 Å². The molecule has 5 heteroatoms. The van der Waals surface area contributed by atoms with Gasteiger partial charge < -0.3 is 16.0 Å². The monoisotopic (exact) mass is 267 g/mol. The van der Waals surface area contributed by atoms with Gasteiger partial charge in [0.15, 0.2) is 0 Å².